The average molecular weight is 340 g/mol. The van der Waals surface area contributed by atoms with Crippen LogP contribution in [0.25, 0.3) is 22.2 Å². The van der Waals surface area contributed by atoms with Gasteiger partial charge in [-0.2, -0.15) is 5.26 Å². The number of nitrogens with one attached hydrogen (secondary N) is 1. The maximum absolute atomic E-state index is 12.3. The monoisotopic (exact) mass is 340 g/mol. The molecular formula is C20H12N4O2. The molecule has 0 radical (unpaired) electrons. The van der Waals surface area contributed by atoms with Crippen molar-refractivity contribution < 1.29 is 9.21 Å². The molecular weight excluding hydrogens is 328 g/mol. The van der Waals surface area contributed by atoms with Crippen LogP contribution < -0.4 is 5.32 Å². The summed E-state index contributed by atoms with van der Waals surface area (Å²) in [6.07, 6.45) is 0. The number of nitrogens with zero attached hydrogens (tertiary/aromatic N) is 3. The first-order valence-electron chi connectivity index (χ1n) is 7.87. The molecule has 124 valence electrons. The first-order chi connectivity index (χ1) is 12.7. The van der Waals surface area contributed by atoms with E-state index < -0.39 is 5.91 Å². The second-order valence-corrected chi connectivity index (χ2v) is 5.62. The molecule has 4 rings (SSSR count). The lowest BCUT2D eigenvalue weighted by molar-refractivity contribution is 0.102. The van der Waals surface area contributed by atoms with E-state index in [2.05, 4.69) is 15.5 Å². The second-order valence-electron chi connectivity index (χ2n) is 5.62. The summed E-state index contributed by atoms with van der Waals surface area (Å²) in [6.45, 7) is 0. The van der Waals surface area contributed by atoms with Gasteiger partial charge in [0.05, 0.1) is 11.6 Å². The van der Waals surface area contributed by atoms with Crippen molar-refractivity contribution in [1.82, 2.24) is 10.2 Å². The molecule has 0 aliphatic carbocycles. The van der Waals surface area contributed by atoms with E-state index in [1.54, 1.807) is 18.2 Å². The molecule has 1 heterocycles. The summed E-state index contributed by atoms with van der Waals surface area (Å²) >= 11 is 0. The lowest BCUT2D eigenvalue weighted by Crippen LogP contribution is -2.12. The van der Waals surface area contributed by atoms with Crippen molar-refractivity contribution in [2.45, 2.75) is 0 Å². The zero-order chi connectivity index (χ0) is 17.9. The molecule has 0 aliphatic heterocycles. The van der Waals surface area contributed by atoms with E-state index in [-0.39, 0.29) is 6.01 Å². The third kappa shape index (κ3) is 3.01. The van der Waals surface area contributed by atoms with Crippen LogP contribution in [0.1, 0.15) is 15.9 Å². The topological polar surface area (TPSA) is 91.8 Å². The van der Waals surface area contributed by atoms with Crippen molar-refractivity contribution in [2.24, 2.45) is 0 Å². The van der Waals surface area contributed by atoms with Gasteiger partial charge in [-0.3, -0.25) is 10.1 Å². The van der Waals surface area contributed by atoms with Crippen molar-refractivity contribution >= 4 is 22.7 Å². The minimum absolute atomic E-state index is 0.000481. The molecule has 0 saturated carbocycles. The van der Waals surface area contributed by atoms with Gasteiger partial charge in [0.25, 0.3) is 5.91 Å². The fourth-order valence-electron chi connectivity index (χ4n) is 2.61. The van der Waals surface area contributed by atoms with Gasteiger partial charge in [-0.15, -0.1) is 5.10 Å². The summed E-state index contributed by atoms with van der Waals surface area (Å²) in [6, 6.07) is 22.1. The van der Waals surface area contributed by atoms with E-state index in [0.29, 0.717) is 17.0 Å². The number of nitriles is 1. The fraction of sp³-hybridized carbons (Fsp3) is 0. The van der Waals surface area contributed by atoms with Crippen LogP contribution in [0.5, 0.6) is 0 Å². The highest BCUT2D eigenvalue weighted by Gasteiger charge is 2.13. The summed E-state index contributed by atoms with van der Waals surface area (Å²) in [5, 5.41) is 21.5. The number of benzene rings is 3. The molecule has 0 spiro atoms. The first-order valence-corrected chi connectivity index (χ1v) is 7.87. The number of carbonyl (C=O) groups is 1. The van der Waals surface area contributed by atoms with Gasteiger partial charge in [0.1, 0.15) is 0 Å². The van der Waals surface area contributed by atoms with Gasteiger partial charge in [0, 0.05) is 11.1 Å². The minimum Gasteiger partial charge on any atom is -0.403 e. The summed E-state index contributed by atoms with van der Waals surface area (Å²) in [5.74, 6) is -0.104. The van der Waals surface area contributed by atoms with E-state index in [0.717, 1.165) is 16.3 Å². The number of anilines is 1. The maximum Gasteiger partial charge on any atom is 0.322 e. The number of hydrogen-bond donors (Lipinski definition) is 1. The lowest BCUT2D eigenvalue weighted by atomic mass is 10.1. The maximum atomic E-state index is 12.3. The number of carbonyl (C=O) groups excluding carboxylic acids is 1. The van der Waals surface area contributed by atoms with Crippen molar-refractivity contribution in [2.75, 3.05) is 5.32 Å². The molecule has 0 fully saturated rings. The van der Waals surface area contributed by atoms with Crippen molar-refractivity contribution in [1.29, 1.82) is 5.26 Å². The zero-order valence-electron chi connectivity index (χ0n) is 13.5. The Balaban J connectivity index is 1.57. The number of amides is 1. The molecule has 26 heavy (non-hydrogen) atoms. The molecule has 1 amide bonds. The van der Waals surface area contributed by atoms with Crippen LogP contribution in [0.3, 0.4) is 0 Å². The quantitative estimate of drug-likeness (QED) is 0.608. The summed E-state index contributed by atoms with van der Waals surface area (Å²) in [7, 11) is 0. The number of fused-ring (bicyclic) bond motifs is 1. The highest BCUT2D eigenvalue weighted by molar-refractivity contribution is 6.03. The summed E-state index contributed by atoms with van der Waals surface area (Å²) < 4.78 is 5.55. The van der Waals surface area contributed by atoms with Crippen LogP contribution in [0.2, 0.25) is 0 Å². The van der Waals surface area contributed by atoms with Gasteiger partial charge in [0.2, 0.25) is 5.89 Å². The van der Waals surface area contributed by atoms with E-state index in [1.165, 1.54) is 6.07 Å². The molecule has 0 saturated heterocycles. The predicted molar refractivity (Wildman–Crippen MR) is 96.4 cm³/mol. The van der Waals surface area contributed by atoms with Crippen molar-refractivity contribution in [3.63, 3.8) is 0 Å². The smallest absolute Gasteiger partial charge is 0.322 e. The first kappa shape index (κ1) is 15.5. The fourth-order valence-corrected chi connectivity index (χ4v) is 2.61. The van der Waals surface area contributed by atoms with Crippen LogP contribution in [-0.2, 0) is 0 Å². The van der Waals surface area contributed by atoms with Gasteiger partial charge in [-0.1, -0.05) is 41.5 Å². The Hall–Kier alpha value is -3.98. The Morgan fingerprint density at radius 3 is 2.65 bits per heavy atom. The Kier molecular flexibility index (Phi) is 3.88. The minimum atomic E-state index is -0.421. The van der Waals surface area contributed by atoms with E-state index in [9.17, 15) is 4.79 Å². The number of aromatic nitrogens is 2. The average Bonchev–Trinajstić information content (AvgIpc) is 3.16. The van der Waals surface area contributed by atoms with Crippen LogP contribution in [0.4, 0.5) is 6.01 Å². The highest BCUT2D eigenvalue weighted by atomic mass is 16.4. The van der Waals surface area contributed by atoms with Gasteiger partial charge >= 0.3 is 6.01 Å². The molecule has 1 aromatic heterocycles. The molecule has 4 aromatic rings. The second kappa shape index (κ2) is 6.49. The normalized spacial score (nSPS) is 10.4. The standard InChI is InChI=1S/C20H12N4O2/c21-12-13-4-3-7-16(10-13)18(25)22-20-24-23-19(26-20)17-9-8-14-5-1-2-6-15(14)11-17/h1-11H,(H,22,24,25). The van der Waals surface area contributed by atoms with E-state index in [4.69, 9.17) is 9.68 Å². The molecule has 1 N–H and O–H groups in total. The predicted octanol–water partition coefficient (Wildman–Crippen LogP) is 4.01. The molecule has 0 aliphatic rings. The van der Waals surface area contributed by atoms with Crippen molar-refractivity contribution in [3.05, 3.63) is 77.9 Å². The molecule has 3 aromatic carbocycles. The Morgan fingerprint density at radius 1 is 0.962 bits per heavy atom. The molecule has 0 unspecified atom stereocenters. The highest BCUT2D eigenvalue weighted by Crippen LogP contribution is 2.24. The van der Waals surface area contributed by atoms with Crippen molar-refractivity contribution in [3.8, 4) is 17.5 Å². The summed E-state index contributed by atoms with van der Waals surface area (Å²) in [4.78, 5) is 12.3. The van der Waals surface area contributed by atoms with Crippen LogP contribution in [-0.4, -0.2) is 16.1 Å². The number of hydrogen-bond acceptors (Lipinski definition) is 5. The third-order valence-electron chi connectivity index (χ3n) is 3.90. The Morgan fingerprint density at radius 2 is 1.81 bits per heavy atom. The largest absolute Gasteiger partial charge is 0.403 e. The Labute approximate surface area is 148 Å². The van der Waals surface area contributed by atoms with Gasteiger partial charge < -0.3 is 4.42 Å². The van der Waals surface area contributed by atoms with Gasteiger partial charge in [0.15, 0.2) is 0 Å². The van der Waals surface area contributed by atoms with E-state index >= 15 is 0 Å². The SMILES string of the molecule is N#Cc1cccc(C(=O)Nc2nnc(-c3ccc4ccccc4c3)o2)c1. The van der Waals surface area contributed by atoms with Gasteiger partial charge in [-0.25, -0.2) is 0 Å². The van der Waals surface area contributed by atoms with Crippen LogP contribution in [0.15, 0.2) is 71.1 Å². The number of rotatable bonds is 3. The molecule has 6 heteroatoms. The van der Waals surface area contributed by atoms with Gasteiger partial charge in [-0.05, 0) is 41.1 Å². The molecule has 0 atom stereocenters. The molecule has 0 bridgehead atoms. The molecule has 6 nitrogen and oxygen atoms in total. The van der Waals surface area contributed by atoms with Crippen LogP contribution >= 0.6 is 0 Å². The Bertz CT molecular complexity index is 1160. The van der Waals surface area contributed by atoms with Crippen LogP contribution in [0, 0.1) is 11.3 Å². The van der Waals surface area contributed by atoms with E-state index in [1.807, 2.05) is 48.5 Å². The third-order valence-corrected chi connectivity index (χ3v) is 3.90. The lowest BCUT2D eigenvalue weighted by Gasteiger charge is -2.01. The summed E-state index contributed by atoms with van der Waals surface area (Å²) in [5.41, 5.74) is 1.51. The zero-order valence-corrected chi connectivity index (χ0v) is 13.5.